The number of aryl methyl sites for hydroxylation is 2. The average Bonchev–Trinajstić information content (AvgIpc) is 2.96. The zero-order chi connectivity index (χ0) is 14.0. The number of hydrogen-bond acceptors (Lipinski definition) is 3. The van der Waals surface area contributed by atoms with Crippen molar-refractivity contribution in [2.24, 2.45) is 5.73 Å². The summed E-state index contributed by atoms with van der Waals surface area (Å²) in [6.45, 7) is 3.58. The Bertz CT molecular complexity index is 469. The van der Waals surface area contributed by atoms with Crippen LogP contribution >= 0.6 is 0 Å². The number of nitrogens with one attached hydrogen (secondary N) is 1. The predicted molar refractivity (Wildman–Crippen MR) is 70.5 cm³/mol. The zero-order valence-corrected chi connectivity index (χ0v) is 11.4. The lowest BCUT2D eigenvalue weighted by Gasteiger charge is -2.27. The van der Waals surface area contributed by atoms with Crippen LogP contribution in [0.1, 0.15) is 47.4 Å². The molecule has 0 saturated heterocycles. The summed E-state index contributed by atoms with van der Waals surface area (Å²) in [7, 11) is 0. The highest BCUT2D eigenvalue weighted by Crippen LogP contribution is 2.25. The molecule has 1 saturated carbocycles. The number of hydrogen-bond donors (Lipinski definition) is 2. The van der Waals surface area contributed by atoms with Gasteiger partial charge >= 0.3 is 0 Å². The van der Waals surface area contributed by atoms with Crippen molar-refractivity contribution in [3.05, 3.63) is 17.0 Å². The molecule has 0 bridgehead atoms. The van der Waals surface area contributed by atoms with Crippen LogP contribution in [-0.4, -0.2) is 39.5 Å². The largest absolute Gasteiger partial charge is 0.368 e. The van der Waals surface area contributed by atoms with E-state index in [4.69, 9.17) is 5.73 Å². The van der Waals surface area contributed by atoms with Crippen LogP contribution in [0.2, 0.25) is 0 Å². The SMILES string of the molecule is Cc1n[nH]c(C)c1C(=O)N(CC(N)=O)C1CCCC1. The van der Waals surface area contributed by atoms with Crippen molar-refractivity contribution in [2.45, 2.75) is 45.6 Å². The molecule has 6 heteroatoms. The maximum atomic E-state index is 12.6. The molecule has 1 aliphatic carbocycles. The first-order chi connectivity index (χ1) is 9.00. The lowest BCUT2D eigenvalue weighted by Crippen LogP contribution is -2.44. The van der Waals surface area contributed by atoms with E-state index in [-0.39, 0.29) is 18.5 Å². The van der Waals surface area contributed by atoms with Crippen LogP contribution in [0.4, 0.5) is 0 Å². The molecule has 1 fully saturated rings. The molecule has 2 rings (SSSR count). The van der Waals surface area contributed by atoms with Gasteiger partial charge in [-0.25, -0.2) is 0 Å². The molecule has 104 valence electrons. The second kappa shape index (κ2) is 5.42. The van der Waals surface area contributed by atoms with Crippen LogP contribution in [0.25, 0.3) is 0 Å². The molecule has 0 radical (unpaired) electrons. The molecule has 0 spiro atoms. The normalized spacial score (nSPS) is 15.7. The Morgan fingerprint density at radius 3 is 2.47 bits per heavy atom. The van der Waals surface area contributed by atoms with Crippen molar-refractivity contribution in [2.75, 3.05) is 6.54 Å². The molecular formula is C13H20N4O2. The van der Waals surface area contributed by atoms with Crippen LogP contribution in [0, 0.1) is 13.8 Å². The van der Waals surface area contributed by atoms with E-state index in [0.717, 1.165) is 31.4 Å². The number of H-pyrrole nitrogens is 1. The van der Waals surface area contributed by atoms with Gasteiger partial charge < -0.3 is 10.6 Å². The molecular weight excluding hydrogens is 244 g/mol. The minimum Gasteiger partial charge on any atom is -0.368 e. The second-order valence-electron chi connectivity index (χ2n) is 5.15. The van der Waals surface area contributed by atoms with E-state index in [1.165, 1.54) is 0 Å². The molecule has 1 aliphatic rings. The van der Waals surface area contributed by atoms with E-state index in [2.05, 4.69) is 10.2 Å². The van der Waals surface area contributed by atoms with Gasteiger partial charge in [-0.2, -0.15) is 5.10 Å². The van der Waals surface area contributed by atoms with E-state index < -0.39 is 5.91 Å². The van der Waals surface area contributed by atoms with Gasteiger partial charge in [0.1, 0.15) is 0 Å². The first-order valence-corrected chi connectivity index (χ1v) is 6.61. The summed E-state index contributed by atoms with van der Waals surface area (Å²) < 4.78 is 0. The highest BCUT2D eigenvalue weighted by atomic mass is 16.2. The Morgan fingerprint density at radius 2 is 2.00 bits per heavy atom. The van der Waals surface area contributed by atoms with Gasteiger partial charge in [-0.1, -0.05) is 12.8 Å². The maximum absolute atomic E-state index is 12.6. The monoisotopic (exact) mass is 264 g/mol. The molecule has 1 aromatic rings. The summed E-state index contributed by atoms with van der Waals surface area (Å²) in [4.78, 5) is 25.5. The third-order valence-electron chi connectivity index (χ3n) is 3.69. The fourth-order valence-electron chi connectivity index (χ4n) is 2.76. The molecule has 6 nitrogen and oxygen atoms in total. The molecule has 1 heterocycles. The van der Waals surface area contributed by atoms with E-state index >= 15 is 0 Å². The molecule has 3 N–H and O–H groups in total. The first kappa shape index (κ1) is 13.6. The number of aromatic amines is 1. The summed E-state index contributed by atoms with van der Waals surface area (Å²) in [5, 5.41) is 6.84. The van der Waals surface area contributed by atoms with Gasteiger partial charge in [0.05, 0.1) is 17.8 Å². The molecule has 2 amide bonds. The first-order valence-electron chi connectivity index (χ1n) is 6.61. The standard InChI is InChI=1S/C13H20N4O2/c1-8-12(9(2)16-15-8)13(19)17(7-11(14)18)10-5-3-4-6-10/h10H,3-7H2,1-2H3,(H2,14,18)(H,15,16). The van der Waals surface area contributed by atoms with Crippen molar-refractivity contribution >= 4 is 11.8 Å². The minimum atomic E-state index is -0.473. The second-order valence-corrected chi connectivity index (χ2v) is 5.15. The Labute approximate surface area is 112 Å². The van der Waals surface area contributed by atoms with E-state index in [0.29, 0.717) is 11.3 Å². The Balaban J connectivity index is 2.27. The van der Waals surface area contributed by atoms with Crippen LogP contribution in [0.3, 0.4) is 0 Å². The number of amides is 2. The van der Waals surface area contributed by atoms with E-state index in [1.807, 2.05) is 6.92 Å². The topological polar surface area (TPSA) is 92.1 Å². The van der Waals surface area contributed by atoms with Crippen LogP contribution in [0.15, 0.2) is 0 Å². The molecule has 0 unspecified atom stereocenters. The van der Waals surface area contributed by atoms with E-state index in [9.17, 15) is 9.59 Å². The van der Waals surface area contributed by atoms with Crippen LogP contribution < -0.4 is 5.73 Å². The Morgan fingerprint density at radius 1 is 1.37 bits per heavy atom. The molecule has 19 heavy (non-hydrogen) atoms. The third kappa shape index (κ3) is 2.77. The number of nitrogens with zero attached hydrogens (tertiary/aromatic N) is 2. The van der Waals surface area contributed by atoms with Crippen molar-refractivity contribution < 1.29 is 9.59 Å². The molecule has 0 atom stereocenters. The highest BCUT2D eigenvalue weighted by Gasteiger charge is 2.30. The van der Waals surface area contributed by atoms with Gasteiger partial charge in [0.15, 0.2) is 0 Å². The number of primary amides is 1. The summed E-state index contributed by atoms with van der Waals surface area (Å²) in [5.74, 6) is -0.617. The average molecular weight is 264 g/mol. The van der Waals surface area contributed by atoms with Gasteiger partial charge in [-0.05, 0) is 26.7 Å². The van der Waals surface area contributed by atoms with E-state index in [1.54, 1.807) is 11.8 Å². The third-order valence-corrected chi connectivity index (χ3v) is 3.69. The fraction of sp³-hybridized carbons (Fsp3) is 0.615. The summed E-state index contributed by atoms with van der Waals surface area (Å²) in [6, 6.07) is 0.119. The smallest absolute Gasteiger partial charge is 0.258 e. The van der Waals surface area contributed by atoms with Crippen molar-refractivity contribution in [1.82, 2.24) is 15.1 Å². The number of aromatic nitrogens is 2. The number of nitrogens with two attached hydrogens (primary N) is 1. The van der Waals surface area contributed by atoms with Crippen molar-refractivity contribution in [1.29, 1.82) is 0 Å². The molecule has 0 aliphatic heterocycles. The predicted octanol–water partition coefficient (Wildman–Crippen LogP) is 0.897. The van der Waals surface area contributed by atoms with Gasteiger partial charge in [0, 0.05) is 11.7 Å². The van der Waals surface area contributed by atoms with Crippen LogP contribution in [-0.2, 0) is 4.79 Å². The lowest BCUT2D eigenvalue weighted by atomic mass is 10.1. The minimum absolute atomic E-state index is 0.0203. The van der Waals surface area contributed by atoms with Gasteiger partial charge in [-0.15, -0.1) is 0 Å². The Hall–Kier alpha value is -1.85. The zero-order valence-electron chi connectivity index (χ0n) is 11.4. The maximum Gasteiger partial charge on any atom is 0.258 e. The van der Waals surface area contributed by atoms with Crippen molar-refractivity contribution in [3.63, 3.8) is 0 Å². The quantitative estimate of drug-likeness (QED) is 0.846. The fourth-order valence-corrected chi connectivity index (χ4v) is 2.76. The van der Waals surface area contributed by atoms with Crippen LogP contribution in [0.5, 0.6) is 0 Å². The highest BCUT2D eigenvalue weighted by molar-refractivity contribution is 5.98. The molecule has 1 aromatic heterocycles. The summed E-state index contributed by atoms with van der Waals surface area (Å²) in [6.07, 6.45) is 4.07. The van der Waals surface area contributed by atoms with Gasteiger partial charge in [0.25, 0.3) is 5.91 Å². The number of carbonyl (C=O) groups excluding carboxylic acids is 2. The number of rotatable bonds is 4. The summed E-state index contributed by atoms with van der Waals surface area (Å²) >= 11 is 0. The lowest BCUT2D eigenvalue weighted by molar-refractivity contribution is -0.119. The molecule has 0 aromatic carbocycles. The Kier molecular flexibility index (Phi) is 3.87. The number of carbonyl (C=O) groups is 2. The van der Waals surface area contributed by atoms with Gasteiger partial charge in [0.2, 0.25) is 5.91 Å². The van der Waals surface area contributed by atoms with Gasteiger partial charge in [-0.3, -0.25) is 14.7 Å². The van der Waals surface area contributed by atoms with Crippen molar-refractivity contribution in [3.8, 4) is 0 Å². The summed E-state index contributed by atoms with van der Waals surface area (Å²) in [5.41, 5.74) is 7.23.